The number of hydrogen-bond donors (Lipinski definition) is 0. The molecule has 2 aliphatic rings. The molecule has 0 amide bonds. The van der Waals surface area contributed by atoms with Crippen LogP contribution in [0.3, 0.4) is 0 Å². The number of nitrogens with zero attached hydrogens (tertiary/aromatic N) is 4. The number of aromatic nitrogens is 3. The van der Waals surface area contributed by atoms with Gasteiger partial charge in [-0.25, -0.2) is 9.97 Å². The zero-order valence-electron chi connectivity index (χ0n) is 32.0. The first-order chi connectivity index (χ1) is 28.0. The van der Waals surface area contributed by atoms with Crippen LogP contribution in [0.1, 0.15) is 37.8 Å². The molecule has 0 radical (unpaired) electrons. The summed E-state index contributed by atoms with van der Waals surface area (Å²) >= 11 is 0. The zero-order valence-corrected chi connectivity index (χ0v) is 32.0. The Labute approximate surface area is 332 Å². The van der Waals surface area contributed by atoms with Crippen LogP contribution in [0.15, 0.2) is 188 Å². The second-order valence-corrected chi connectivity index (χ2v) is 15.7. The highest BCUT2D eigenvalue weighted by Crippen LogP contribution is 2.52. The van der Waals surface area contributed by atoms with Gasteiger partial charge >= 0.3 is 0 Å². The number of benzene rings is 7. The van der Waals surface area contributed by atoms with Crippen LogP contribution in [-0.2, 0) is 5.41 Å². The SMILES string of the molecule is CC1(C)c2ccccc2N(C2=CCCC=C2)c2cc(-c3cccc4c5c6ccccc6ccc5n(-c5cc(-c6ccccc6)nc(-c6ccccc6)n5)c34)ccc21. The molecule has 4 heteroatoms. The molecule has 272 valence electrons. The van der Waals surface area contributed by atoms with Crippen molar-refractivity contribution in [2.45, 2.75) is 32.1 Å². The Kier molecular flexibility index (Phi) is 7.62. The third-order valence-electron chi connectivity index (χ3n) is 12.0. The predicted octanol–water partition coefficient (Wildman–Crippen LogP) is 13.7. The lowest BCUT2D eigenvalue weighted by Gasteiger charge is -2.43. The Hall–Kier alpha value is -7.04. The van der Waals surface area contributed by atoms with Crippen LogP contribution in [-0.4, -0.2) is 14.5 Å². The van der Waals surface area contributed by atoms with Gasteiger partial charge in [-0.3, -0.25) is 4.57 Å². The fourth-order valence-electron chi connectivity index (χ4n) is 9.26. The lowest BCUT2D eigenvalue weighted by atomic mass is 9.73. The highest BCUT2D eigenvalue weighted by Gasteiger charge is 2.37. The first kappa shape index (κ1) is 33.3. The molecule has 57 heavy (non-hydrogen) atoms. The van der Waals surface area contributed by atoms with Crippen molar-refractivity contribution in [1.82, 2.24) is 14.5 Å². The molecule has 9 aromatic rings. The maximum atomic E-state index is 5.40. The molecule has 0 fully saturated rings. The molecule has 1 aliphatic carbocycles. The van der Waals surface area contributed by atoms with Crippen LogP contribution in [0.5, 0.6) is 0 Å². The van der Waals surface area contributed by atoms with Crippen LogP contribution in [0, 0.1) is 0 Å². The standard InChI is InChI=1S/C53H40N4/c1-53(2)43-27-14-15-28-46(43)56(39-22-10-5-11-23-39)48-33-38(29-31-44(48)53)41-25-16-26-42-50-40-24-13-12-17-35(40)30-32-47(50)57(51(41)42)49-34-45(36-18-6-3-7-19-36)54-52(55-49)37-20-8-4-9-21-37/h3-4,6-10,12-34H,5,11H2,1-2H3. The van der Waals surface area contributed by atoms with E-state index in [-0.39, 0.29) is 5.41 Å². The van der Waals surface area contributed by atoms with Crippen LogP contribution in [0.4, 0.5) is 11.4 Å². The van der Waals surface area contributed by atoms with E-state index < -0.39 is 0 Å². The minimum absolute atomic E-state index is 0.178. The molecule has 4 nitrogen and oxygen atoms in total. The predicted molar refractivity (Wildman–Crippen MR) is 237 cm³/mol. The van der Waals surface area contributed by atoms with Crippen molar-refractivity contribution in [3.8, 4) is 39.6 Å². The number of hydrogen-bond acceptors (Lipinski definition) is 3. The Morgan fingerprint density at radius 2 is 1.30 bits per heavy atom. The number of para-hydroxylation sites is 2. The van der Waals surface area contributed by atoms with E-state index >= 15 is 0 Å². The minimum Gasteiger partial charge on any atom is -0.310 e. The minimum atomic E-state index is -0.178. The molecule has 0 saturated heterocycles. The molecule has 2 aromatic heterocycles. The Morgan fingerprint density at radius 1 is 0.561 bits per heavy atom. The second kappa shape index (κ2) is 13.0. The molecule has 0 atom stereocenters. The summed E-state index contributed by atoms with van der Waals surface area (Å²) in [5.74, 6) is 1.52. The van der Waals surface area contributed by atoms with E-state index in [1.54, 1.807) is 0 Å². The van der Waals surface area contributed by atoms with Gasteiger partial charge in [-0.2, -0.15) is 0 Å². The fourth-order valence-corrected chi connectivity index (χ4v) is 9.26. The molecule has 0 bridgehead atoms. The van der Waals surface area contributed by atoms with Crippen molar-refractivity contribution in [1.29, 1.82) is 0 Å². The molecular formula is C53H40N4. The van der Waals surface area contributed by atoms with E-state index in [0.29, 0.717) is 5.82 Å². The topological polar surface area (TPSA) is 34.0 Å². The summed E-state index contributed by atoms with van der Waals surface area (Å²) in [7, 11) is 0. The molecule has 0 saturated carbocycles. The summed E-state index contributed by atoms with van der Waals surface area (Å²) in [5.41, 5.74) is 13.6. The van der Waals surface area contributed by atoms with Crippen molar-refractivity contribution >= 4 is 44.0 Å². The highest BCUT2D eigenvalue weighted by atomic mass is 15.2. The Bertz CT molecular complexity index is 3040. The average molecular weight is 733 g/mol. The largest absolute Gasteiger partial charge is 0.310 e. The number of fused-ring (bicyclic) bond motifs is 7. The summed E-state index contributed by atoms with van der Waals surface area (Å²) in [6, 6.07) is 59.0. The number of allylic oxidation sites excluding steroid dienone is 3. The Morgan fingerprint density at radius 3 is 2.12 bits per heavy atom. The first-order valence-electron chi connectivity index (χ1n) is 19.9. The van der Waals surface area contributed by atoms with E-state index in [9.17, 15) is 0 Å². The van der Waals surface area contributed by atoms with Crippen molar-refractivity contribution in [2.75, 3.05) is 4.90 Å². The average Bonchev–Trinajstić information content (AvgIpc) is 3.62. The Balaban J connectivity index is 1.22. The molecule has 7 aromatic carbocycles. The van der Waals surface area contributed by atoms with Gasteiger partial charge in [0.2, 0.25) is 0 Å². The molecule has 0 spiro atoms. The van der Waals surface area contributed by atoms with Gasteiger partial charge in [0.1, 0.15) is 5.82 Å². The van der Waals surface area contributed by atoms with E-state index in [4.69, 9.17) is 9.97 Å². The van der Waals surface area contributed by atoms with Crippen molar-refractivity contribution in [2.24, 2.45) is 0 Å². The van der Waals surface area contributed by atoms with E-state index in [0.717, 1.165) is 57.6 Å². The van der Waals surface area contributed by atoms with Gasteiger partial charge in [0.05, 0.1) is 28.1 Å². The zero-order chi connectivity index (χ0) is 38.1. The molecule has 0 N–H and O–H groups in total. The van der Waals surface area contributed by atoms with Gasteiger partial charge in [-0.1, -0.05) is 166 Å². The van der Waals surface area contributed by atoms with Crippen molar-refractivity contribution in [3.63, 3.8) is 0 Å². The maximum absolute atomic E-state index is 5.40. The van der Waals surface area contributed by atoms with Crippen LogP contribution >= 0.6 is 0 Å². The smallest absolute Gasteiger partial charge is 0.162 e. The lowest BCUT2D eigenvalue weighted by molar-refractivity contribution is 0.630. The quantitative estimate of drug-likeness (QED) is 0.177. The van der Waals surface area contributed by atoms with Gasteiger partial charge < -0.3 is 4.90 Å². The number of anilines is 2. The molecule has 0 unspecified atom stereocenters. The molecule has 3 heterocycles. The van der Waals surface area contributed by atoms with Gasteiger partial charge in [0.25, 0.3) is 0 Å². The lowest BCUT2D eigenvalue weighted by Crippen LogP contribution is -2.32. The molecule has 1 aliphatic heterocycles. The first-order valence-corrected chi connectivity index (χ1v) is 19.9. The number of rotatable bonds is 5. The van der Waals surface area contributed by atoms with Gasteiger partial charge in [-0.05, 0) is 64.6 Å². The fraction of sp³-hybridized carbons (Fsp3) is 0.0943. The van der Waals surface area contributed by atoms with E-state index in [1.165, 1.54) is 49.7 Å². The van der Waals surface area contributed by atoms with Crippen LogP contribution < -0.4 is 4.90 Å². The molecular weight excluding hydrogens is 693 g/mol. The van der Waals surface area contributed by atoms with E-state index in [2.05, 4.69) is 199 Å². The maximum Gasteiger partial charge on any atom is 0.162 e. The summed E-state index contributed by atoms with van der Waals surface area (Å²) in [4.78, 5) is 13.1. The second-order valence-electron chi connectivity index (χ2n) is 15.7. The monoisotopic (exact) mass is 732 g/mol. The normalized spacial score (nSPS) is 14.5. The van der Waals surface area contributed by atoms with Crippen LogP contribution in [0.2, 0.25) is 0 Å². The highest BCUT2D eigenvalue weighted by molar-refractivity contribution is 6.23. The third kappa shape index (κ3) is 5.28. The summed E-state index contributed by atoms with van der Waals surface area (Å²) in [5, 5.41) is 4.85. The van der Waals surface area contributed by atoms with E-state index in [1.807, 2.05) is 6.07 Å². The van der Waals surface area contributed by atoms with Crippen molar-refractivity contribution < 1.29 is 0 Å². The van der Waals surface area contributed by atoms with Crippen molar-refractivity contribution in [3.05, 3.63) is 199 Å². The van der Waals surface area contributed by atoms with Gasteiger partial charge in [0, 0.05) is 44.6 Å². The summed E-state index contributed by atoms with van der Waals surface area (Å²) in [6.07, 6.45) is 9.09. The molecule has 11 rings (SSSR count). The van der Waals surface area contributed by atoms with Gasteiger partial charge in [-0.15, -0.1) is 0 Å². The summed E-state index contributed by atoms with van der Waals surface area (Å²) in [6.45, 7) is 4.72. The van der Waals surface area contributed by atoms with Crippen LogP contribution in [0.25, 0.3) is 72.2 Å². The van der Waals surface area contributed by atoms with Gasteiger partial charge in [0.15, 0.2) is 5.82 Å². The summed E-state index contributed by atoms with van der Waals surface area (Å²) < 4.78 is 2.38. The third-order valence-corrected chi connectivity index (χ3v) is 12.0.